The largest absolute Gasteiger partial charge is 0.307 e. The Bertz CT molecular complexity index is 576. The molecule has 0 aliphatic rings. The monoisotopic (exact) mass is 301 g/mol. The van der Waals surface area contributed by atoms with Crippen molar-refractivity contribution in [3.05, 3.63) is 54.8 Å². The predicted octanol–water partition coefficient (Wildman–Crippen LogP) is 3.17. The van der Waals surface area contributed by atoms with Gasteiger partial charge in [0.2, 0.25) is 0 Å². The second-order valence-corrected chi connectivity index (χ2v) is 5.15. The molecule has 0 radical (unpaired) electrons. The number of hydrogen-bond donors (Lipinski definition) is 0. The highest BCUT2D eigenvalue weighted by atomic mass is 79.9. The Morgan fingerprint density at radius 2 is 2.25 bits per heavy atom. The van der Waals surface area contributed by atoms with Crippen molar-refractivity contribution in [2.45, 2.75) is 13.5 Å². The Morgan fingerprint density at radius 1 is 1.50 bits per heavy atom. The van der Waals surface area contributed by atoms with Crippen LogP contribution in [-0.2, 0) is 6.54 Å². The summed E-state index contributed by atoms with van der Waals surface area (Å²) in [7, 11) is 0. The van der Waals surface area contributed by atoms with Crippen LogP contribution in [0.1, 0.15) is 11.3 Å². The van der Waals surface area contributed by atoms with Crippen molar-refractivity contribution in [3.8, 4) is 0 Å². The first kappa shape index (κ1) is 11.5. The average molecular weight is 302 g/mol. The van der Waals surface area contributed by atoms with Crippen molar-refractivity contribution in [3.63, 3.8) is 0 Å². The zero-order valence-corrected chi connectivity index (χ0v) is 10.9. The number of hydrogen-bond acceptors (Lipinski definition) is 2. The molecular formula is C11H9BrFNOS. The molecule has 2 nitrogen and oxygen atoms in total. The zero-order valence-electron chi connectivity index (χ0n) is 8.54. The summed E-state index contributed by atoms with van der Waals surface area (Å²) in [5, 5.41) is 1.82. The van der Waals surface area contributed by atoms with Gasteiger partial charge in [-0.1, -0.05) is 17.4 Å². The summed E-state index contributed by atoms with van der Waals surface area (Å²) in [6.45, 7) is 2.36. The topological polar surface area (TPSA) is 22.0 Å². The Labute approximate surface area is 104 Å². The molecule has 1 aromatic carbocycles. The van der Waals surface area contributed by atoms with Crippen molar-refractivity contribution >= 4 is 27.3 Å². The molecule has 1 aromatic heterocycles. The normalized spacial score (nSPS) is 10.7. The summed E-state index contributed by atoms with van der Waals surface area (Å²) < 4.78 is 15.1. The Kier molecular flexibility index (Phi) is 3.25. The fourth-order valence-corrected chi connectivity index (χ4v) is 2.58. The fraction of sp³-hybridized carbons (Fsp3) is 0.182. The lowest BCUT2D eigenvalue weighted by Crippen LogP contribution is -2.15. The lowest BCUT2D eigenvalue weighted by atomic mass is 10.2. The van der Waals surface area contributed by atoms with Gasteiger partial charge in [-0.25, -0.2) is 4.39 Å². The molecule has 5 heteroatoms. The second-order valence-electron chi connectivity index (χ2n) is 3.48. The van der Waals surface area contributed by atoms with E-state index in [0.717, 1.165) is 11.3 Å². The van der Waals surface area contributed by atoms with Gasteiger partial charge in [0.05, 0.1) is 11.0 Å². The standard InChI is InChI=1S/C11H9BrFNOS/c1-7-6-16-11(15)14(7)5-8-2-3-10(13)9(12)4-8/h2-4,6H,5H2,1H3. The van der Waals surface area contributed by atoms with Gasteiger partial charge in [0.25, 0.3) is 0 Å². The van der Waals surface area contributed by atoms with Gasteiger partial charge in [-0.2, -0.15) is 0 Å². The molecule has 84 valence electrons. The Hall–Kier alpha value is -0.940. The van der Waals surface area contributed by atoms with Crippen LogP contribution in [0.2, 0.25) is 0 Å². The van der Waals surface area contributed by atoms with E-state index in [1.165, 1.54) is 17.4 Å². The van der Waals surface area contributed by atoms with E-state index in [-0.39, 0.29) is 10.7 Å². The van der Waals surface area contributed by atoms with Crippen molar-refractivity contribution < 1.29 is 4.39 Å². The molecule has 1 heterocycles. The van der Waals surface area contributed by atoms with Crippen LogP contribution >= 0.6 is 27.3 Å². The third-order valence-electron chi connectivity index (χ3n) is 2.30. The molecule has 0 bridgehead atoms. The molecule has 0 N–H and O–H groups in total. The van der Waals surface area contributed by atoms with E-state index in [1.54, 1.807) is 16.7 Å². The predicted molar refractivity (Wildman–Crippen MR) is 66.5 cm³/mol. The maximum atomic E-state index is 13.0. The Morgan fingerprint density at radius 3 is 2.81 bits per heavy atom. The van der Waals surface area contributed by atoms with E-state index in [4.69, 9.17) is 0 Å². The van der Waals surface area contributed by atoms with Gasteiger partial charge in [-0.3, -0.25) is 9.36 Å². The lowest BCUT2D eigenvalue weighted by Gasteiger charge is -2.05. The quantitative estimate of drug-likeness (QED) is 0.835. The van der Waals surface area contributed by atoms with Crippen LogP contribution in [0, 0.1) is 12.7 Å². The molecule has 0 saturated heterocycles. The van der Waals surface area contributed by atoms with Gasteiger partial charge in [0.1, 0.15) is 5.82 Å². The van der Waals surface area contributed by atoms with Gasteiger partial charge in [-0.05, 0) is 40.5 Å². The van der Waals surface area contributed by atoms with Crippen LogP contribution in [0.25, 0.3) is 0 Å². The van der Waals surface area contributed by atoms with Crippen LogP contribution in [-0.4, -0.2) is 4.57 Å². The van der Waals surface area contributed by atoms with Crippen LogP contribution in [0.3, 0.4) is 0 Å². The summed E-state index contributed by atoms with van der Waals surface area (Å²) in [6.07, 6.45) is 0. The molecule has 2 aromatic rings. The number of benzene rings is 1. The zero-order chi connectivity index (χ0) is 11.7. The minimum absolute atomic E-state index is 0.0120. The van der Waals surface area contributed by atoms with Crippen LogP contribution in [0.4, 0.5) is 4.39 Å². The third-order valence-corrected chi connectivity index (χ3v) is 3.79. The van der Waals surface area contributed by atoms with Gasteiger partial charge < -0.3 is 0 Å². The first-order valence-electron chi connectivity index (χ1n) is 4.67. The molecule has 0 unspecified atom stereocenters. The molecule has 0 atom stereocenters. The third kappa shape index (κ3) is 2.25. The van der Waals surface area contributed by atoms with E-state index in [1.807, 2.05) is 12.3 Å². The SMILES string of the molecule is Cc1csc(=O)n1Cc1ccc(F)c(Br)c1. The molecule has 0 saturated carbocycles. The summed E-state index contributed by atoms with van der Waals surface area (Å²) in [5.41, 5.74) is 1.83. The van der Waals surface area contributed by atoms with E-state index < -0.39 is 0 Å². The van der Waals surface area contributed by atoms with Gasteiger partial charge in [-0.15, -0.1) is 0 Å². The molecule has 16 heavy (non-hydrogen) atoms. The van der Waals surface area contributed by atoms with Crippen molar-refractivity contribution in [2.75, 3.05) is 0 Å². The maximum Gasteiger partial charge on any atom is 0.307 e. The Balaban J connectivity index is 2.34. The molecule has 0 fully saturated rings. The van der Waals surface area contributed by atoms with Crippen LogP contribution < -0.4 is 4.87 Å². The van der Waals surface area contributed by atoms with Crippen molar-refractivity contribution in [1.29, 1.82) is 0 Å². The first-order valence-corrected chi connectivity index (χ1v) is 6.34. The van der Waals surface area contributed by atoms with Gasteiger partial charge in [0, 0.05) is 11.1 Å². The summed E-state index contributed by atoms with van der Waals surface area (Å²) in [5.74, 6) is -0.293. The number of nitrogens with zero attached hydrogens (tertiary/aromatic N) is 1. The number of rotatable bonds is 2. The number of thiazole rings is 1. The summed E-state index contributed by atoms with van der Waals surface area (Å²) >= 11 is 4.31. The van der Waals surface area contributed by atoms with E-state index in [9.17, 15) is 9.18 Å². The highest BCUT2D eigenvalue weighted by Gasteiger charge is 2.05. The van der Waals surface area contributed by atoms with E-state index >= 15 is 0 Å². The average Bonchev–Trinajstić information content (AvgIpc) is 2.55. The molecular weight excluding hydrogens is 293 g/mol. The van der Waals surface area contributed by atoms with E-state index in [2.05, 4.69) is 15.9 Å². The lowest BCUT2D eigenvalue weighted by molar-refractivity contribution is 0.619. The van der Waals surface area contributed by atoms with Crippen LogP contribution in [0.15, 0.2) is 32.8 Å². The number of halogens is 2. The first-order chi connectivity index (χ1) is 7.58. The summed E-state index contributed by atoms with van der Waals surface area (Å²) in [6, 6.07) is 4.77. The molecule has 0 amide bonds. The van der Waals surface area contributed by atoms with Crippen molar-refractivity contribution in [1.82, 2.24) is 4.57 Å². The fourth-order valence-electron chi connectivity index (χ4n) is 1.42. The summed E-state index contributed by atoms with van der Waals surface area (Å²) in [4.78, 5) is 11.5. The maximum absolute atomic E-state index is 13.0. The van der Waals surface area contributed by atoms with Gasteiger partial charge >= 0.3 is 4.87 Å². The highest BCUT2D eigenvalue weighted by molar-refractivity contribution is 9.10. The molecule has 0 aliphatic heterocycles. The van der Waals surface area contributed by atoms with Crippen molar-refractivity contribution in [2.24, 2.45) is 0 Å². The second kappa shape index (κ2) is 4.51. The number of aromatic nitrogens is 1. The smallest absolute Gasteiger partial charge is 0.299 e. The van der Waals surface area contributed by atoms with E-state index in [0.29, 0.717) is 11.0 Å². The van der Waals surface area contributed by atoms with Gasteiger partial charge in [0.15, 0.2) is 0 Å². The molecule has 2 rings (SSSR count). The minimum Gasteiger partial charge on any atom is -0.299 e. The molecule has 0 spiro atoms. The highest BCUT2D eigenvalue weighted by Crippen LogP contribution is 2.17. The molecule has 0 aliphatic carbocycles. The minimum atomic E-state index is -0.293. The van der Waals surface area contributed by atoms with Crippen LogP contribution in [0.5, 0.6) is 0 Å². The number of aryl methyl sites for hydroxylation is 1.